The third-order valence-electron chi connectivity index (χ3n) is 5.03. The molecule has 1 aromatic carbocycles. The number of fused-ring (bicyclic) bond motifs is 1. The number of rotatable bonds is 3. The second-order valence-electron chi connectivity index (χ2n) is 6.40. The van der Waals surface area contributed by atoms with Crippen molar-refractivity contribution in [2.45, 2.75) is 32.6 Å². The van der Waals surface area contributed by atoms with Crippen LogP contribution in [0.15, 0.2) is 36.7 Å². The number of carbonyl (C=O) groups is 1. The monoisotopic (exact) mass is 282 g/mol. The average Bonchev–Trinajstić information content (AvgIpc) is 2.55. The minimum atomic E-state index is -0.371. The molecule has 3 nitrogen and oxygen atoms in total. The van der Waals surface area contributed by atoms with Crippen molar-refractivity contribution in [1.82, 2.24) is 4.98 Å². The molecule has 0 unspecified atom stereocenters. The minimum absolute atomic E-state index is 0.216. The van der Waals surface area contributed by atoms with E-state index in [0.717, 1.165) is 42.0 Å². The zero-order chi connectivity index (χ0) is 14.9. The number of aromatic nitrogens is 1. The van der Waals surface area contributed by atoms with Crippen LogP contribution in [0.4, 0.5) is 0 Å². The predicted octanol–water partition coefficient (Wildman–Crippen LogP) is 3.57. The maximum Gasteiger partial charge on any atom is 0.170 e. The van der Waals surface area contributed by atoms with Crippen LogP contribution in [0.2, 0.25) is 0 Å². The molecule has 1 aromatic heterocycles. The van der Waals surface area contributed by atoms with Gasteiger partial charge >= 0.3 is 0 Å². The average molecular weight is 282 g/mol. The fourth-order valence-electron chi connectivity index (χ4n) is 3.44. The number of pyridine rings is 1. The Morgan fingerprint density at radius 1 is 1.33 bits per heavy atom. The summed E-state index contributed by atoms with van der Waals surface area (Å²) in [6.07, 6.45) is 7.56. The van der Waals surface area contributed by atoms with E-state index in [4.69, 9.17) is 5.73 Å². The molecule has 0 atom stereocenters. The third kappa shape index (κ3) is 2.46. The van der Waals surface area contributed by atoms with Crippen molar-refractivity contribution in [2.24, 2.45) is 17.1 Å². The van der Waals surface area contributed by atoms with Crippen molar-refractivity contribution in [3.05, 3.63) is 42.2 Å². The van der Waals surface area contributed by atoms with Gasteiger partial charge in [0.2, 0.25) is 0 Å². The van der Waals surface area contributed by atoms with Crippen LogP contribution in [0, 0.1) is 11.3 Å². The predicted molar refractivity (Wildman–Crippen MR) is 85.2 cm³/mol. The van der Waals surface area contributed by atoms with Gasteiger partial charge in [-0.15, -0.1) is 0 Å². The Kier molecular flexibility index (Phi) is 3.77. The standard InChI is InChI=1S/C18H22N2O/c1-13-5-8-18(12-19,9-6-13)17(21)16-4-2-3-14-11-20-10-7-15(14)16/h2-4,7,10-11,13H,5-6,8-9,12,19H2,1H3. The van der Waals surface area contributed by atoms with Gasteiger partial charge in [0.1, 0.15) is 0 Å². The Morgan fingerprint density at radius 2 is 2.10 bits per heavy atom. The Labute approximate surface area is 125 Å². The molecule has 1 aliphatic carbocycles. The van der Waals surface area contributed by atoms with E-state index < -0.39 is 0 Å². The summed E-state index contributed by atoms with van der Waals surface area (Å²) in [6.45, 7) is 2.70. The molecule has 0 amide bonds. The maximum absolute atomic E-state index is 13.2. The van der Waals surface area contributed by atoms with Crippen molar-refractivity contribution in [3.63, 3.8) is 0 Å². The van der Waals surface area contributed by atoms with Gasteiger partial charge in [0, 0.05) is 35.3 Å². The van der Waals surface area contributed by atoms with E-state index in [9.17, 15) is 4.79 Å². The second kappa shape index (κ2) is 5.57. The van der Waals surface area contributed by atoms with Crippen LogP contribution in [-0.2, 0) is 0 Å². The lowest BCUT2D eigenvalue weighted by molar-refractivity contribution is 0.0697. The summed E-state index contributed by atoms with van der Waals surface area (Å²) in [6, 6.07) is 7.79. The summed E-state index contributed by atoms with van der Waals surface area (Å²) in [5, 5.41) is 2.00. The summed E-state index contributed by atoms with van der Waals surface area (Å²) in [5.41, 5.74) is 6.46. The number of nitrogens with two attached hydrogens (primary N) is 1. The van der Waals surface area contributed by atoms with Gasteiger partial charge in [0.15, 0.2) is 5.78 Å². The lowest BCUT2D eigenvalue weighted by Gasteiger charge is -2.37. The summed E-state index contributed by atoms with van der Waals surface area (Å²) in [5.74, 6) is 0.919. The van der Waals surface area contributed by atoms with Gasteiger partial charge in [-0.05, 0) is 43.1 Å². The highest BCUT2D eigenvalue weighted by Crippen LogP contribution is 2.41. The normalized spacial score (nSPS) is 25.9. The summed E-state index contributed by atoms with van der Waals surface area (Å²) in [7, 11) is 0. The molecule has 1 aliphatic rings. The molecular weight excluding hydrogens is 260 g/mol. The molecule has 1 fully saturated rings. The van der Waals surface area contributed by atoms with Crippen molar-refractivity contribution in [2.75, 3.05) is 6.54 Å². The van der Waals surface area contributed by atoms with Crippen LogP contribution in [0.1, 0.15) is 43.0 Å². The van der Waals surface area contributed by atoms with Gasteiger partial charge in [0.05, 0.1) is 0 Å². The number of ketones is 1. The maximum atomic E-state index is 13.2. The van der Waals surface area contributed by atoms with Gasteiger partial charge in [-0.2, -0.15) is 0 Å². The molecule has 2 aromatic rings. The molecule has 0 radical (unpaired) electrons. The first kappa shape index (κ1) is 14.2. The van der Waals surface area contributed by atoms with E-state index >= 15 is 0 Å². The number of hydrogen-bond acceptors (Lipinski definition) is 3. The van der Waals surface area contributed by atoms with Crippen LogP contribution in [-0.4, -0.2) is 17.3 Å². The lowest BCUT2D eigenvalue weighted by Crippen LogP contribution is -2.41. The Bertz CT molecular complexity index is 652. The highest BCUT2D eigenvalue weighted by atomic mass is 16.1. The summed E-state index contributed by atoms with van der Waals surface area (Å²) in [4.78, 5) is 17.3. The minimum Gasteiger partial charge on any atom is -0.329 e. The molecule has 0 aliphatic heterocycles. The molecule has 0 spiro atoms. The van der Waals surface area contributed by atoms with E-state index in [2.05, 4.69) is 11.9 Å². The molecule has 3 heteroatoms. The zero-order valence-electron chi connectivity index (χ0n) is 12.5. The first-order chi connectivity index (χ1) is 10.2. The topological polar surface area (TPSA) is 56.0 Å². The van der Waals surface area contributed by atoms with Crippen molar-refractivity contribution >= 4 is 16.6 Å². The smallest absolute Gasteiger partial charge is 0.170 e. The highest BCUT2D eigenvalue weighted by Gasteiger charge is 2.40. The molecule has 110 valence electrons. The van der Waals surface area contributed by atoms with Crippen molar-refractivity contribution in [3.8, 4) is 0 Å². The Morgan fingerprint density at radius 3 is 2.81 bits per heavy atom. The second-order valence-corrected chi connectivity index (χ2v) is 6.40. The van der Waals surface area contributed by atoms with E-state index in [1.165, 1.54) is 0 Å². The first-order valence-electron chi connectivity index (χ1n) is 7.74. The summed E-state index contributed by atoms with van der Waals surface area (Å²) < 4.78 is 0. The Hall–Kier alpha value is -1.74. The zero-order valence-corrected chi connectivity index (χ0v) is 12.5. The van der Waals surface area contributed by atoms with E-state index in [1.54, 1.807) is 6.20 Å². The summed E-state index contributed by atoms with van der Waals surface area (Å²) >= 11 is 0. The highest BCUT2D eigenvalue weighted by molar-refractivity contribution is 6.10. The Balaban J connectivity index is 2.03. The fourth-order valence-corrected chi connectivity index (χ4v) is 3.44. The molecular formula is C18H22N2O. The number of nitrogens with zero attached hydrogens (tertiary/aromatic N) is 1. The quantitative estimate of drug-likeness (QED) is 0.875. The fraction of sp³-hybridized carbons (Fsp3) is 0.444. The number of benzene rings is 1. The van der Waals surface area contributed by atoms with E-state index in [1.807, 2.05) is 30.5 Å². The lowest BCUT2D eigenvalue weighted by atomic mass is 9.67. The van der Waals surface area contributed by atoms with Gasteiger partial charge in [0.25, 0.3) is 0 Å². The van der Waals surface area contributed by atoms with Gasteiger partial charge < -0.3 is 5.73 Å². The van der Waals surface area contributed by atoms with Crippen LogP contribution < -0.4 is 5.73 Å². The molecule has 3 rings (SSSR count). The van der Waals surface area contributed by atoms with Crippen LogP contribution >= 0.6 is 0 Å². The van der Waals surface area contributed by atoms with E-state index in [0.29, 0.717) is 12.5 Å². The number of hydrogen-bond donors (Lipinski definition) is 1. The van der Waals surface area contributed by atoms with Crippen molar-refractivity contribution in [1.29, 1.82) is 0 Å². The molecule has 1 saturated carbocycles. The van der Waals surface area contributed by atoms with Crippen LogP contribution in [0.5, 0.6) is 0 Å². The molecule has 2 N–H and O–H groups in total. The van der Waals surface area contributed by atoms with Crippen LogP contribution in [0.3, 0.4) is 0 Å². The van der Waals surface area contributed by atoms with Gasteiger partial charge in [-0.25, -0.2) is 0 Å². The van der Waals surface area contributed by atoms with Gasteiger partial charge in [-0.1, -0.05) is 25.1 Å². The number of Topliss-reactive ketones (excluding diaryl/α,β-unsaturated/α-hetero) is 1. The molecule has 0 bridgehead atoms. The van der Waals surface area contributed by atoms with Gasteiger partial charge in [-0.3, -0.25) is 9.78 Å². The van der Waals surface area contributed by atoms with E-state index in [-0.39, 0.29) is 11.2 Å². The SMILES string of the molecule is CC1CCC(CN)(C(=O)c2cccc3cnccc23)CC1. The molecule has 1 heterocycles. The molecule has 21 heavy (non-hydrogen) atoms. The third-order valence-corrected chi connectivity index (χ3v) is 5.03. The van der Waals surface area contributed by atoms with Crippen molar-refractivity contribution < 1.29 is 4.79 Å². The van der Waals surface area contributed by atoms with Crippen LogP contribution in [0.25, 0.3) is 10.8 Å². The number of carbonyl (C=O) groups excluding carboxylic acids is 1. The first-order valence-corrected chi connectivity index (χ1v) is 7.74. The largest absolute Gasteiger partial charge is 0.329 e. The molecule has 0 saturated heterocycles.